The molecule has 33 heavy (non-hydrogen) atoms. The summed E-state index contributed by atoms with van der Waals surface area (Å²) in [5.41, 5.74) is 2.97. The summed E-state index contributed by atoms with van der Waals surface area (Å²) in [7, 11) is 0. The monoisotopic (exact) mass is 463 g/mol. The molecule has 7 heteroatoms. The fraction of sp³-hybridized carbons (Fsp3) is 0.154. The Bertz CT molecular complexity index is 1250. The van der Waals surface area contributed by atoms with Gasteiger partial charge < -0.3 is 9.47 Å². The van der Waals surface area contributed by atoms with Crippen LogP contribution < -0.4 is 9.64 Å². The number of hydrogen-bond donors (Lipinski definition) is 0. The van der Waals surface area contributed by atoms with Gasteiger partial charge in [0.15, 0.2) is 0 Å². The molecule has 2 heterocycles. The van der Waals surface area contributed by atoms with Crippen molar-refractivity contribution in [2.24, 2.45) is 0 Å². The molecule has 166 valence electrons. The Kier molecular flexibility index (Phi) is 5.60. The average molecular weight is 464 g/mol. The highest BCUT2D eigenvalue weighted by Gasteiger charge is 2.42. The molecule has 2 aliphatic rings. The van der Waals surface area contributed by atoms with E-state index in [4.69, 9.17) is 21.1 Å². The van der Waals surface area contributed by atoms with Gasteiger partial charge in [-0.3, -0.25) is 9.69 Å². The molecular weight excluding hydrogens is 445 g/mol. The quantitative estimate of drug-likeness (QED) is 0.476. The van der Waals surface area contributed by atoms with Gasteiger partial charge in [0.05, 0.1) is 11.3 Å². The van der Waals surface area contributed by atoms with E-state index in [1.807, 2.05) is 12.1 Å². The van der Waals surface area contributed by atoms with Crippen LogP contribution in [0.25, 0.3) is 0 Å². The van der Waals surface area contributed by atoms with Crippen LogP contribution in [-0.2, 0) is 20.9 Å². The maximum atomic E-state index is 13.8. The summed E-state index contributed by atoms with van der Waals surface area (Å²) in [6.45, 7) is 0.147. The summed E-state index contributed by atoms with van der Waals surface area (Å²) in [5, 5.41) is 0.561. The van der Waals surface area contributed by atoms with Crippen LogP contribution in [0.15, 0.2) is 84.1 Å². The molecule has 0 radical (unpaired) electrons. The minimum absolute atomic E-state index is 0.0445. The first-order chi connectivity index (χ1) is 16.0. The molecule has 1 atom stereocenters. The number of hydrogen-bond acceptors (Lipinski definition) is 4. The van der Waals surface area contributed by atoms with Crippen LogP contribution in [0.2, 0.25) is 5.02 Å². The lowest BCUT2D eigenvalue weighted by Crippen LogP contribution is -2.37. The van der Waals surface area contributed by atoms with Crippen LogP contribution in [0, 0.1) is 5.82 Å². The van der Waals surface area contributed by atoms with Gasteiger partial charge >= 0.3 is 5.97 Å². The van der Waals surface area contributed by atoms with E-state index in [-0.39, 0.29) is 31.4 Å². The van der Waals surface area contributed by atoms with Crippen LogP contribution in [-0.4, -0.2) is 18.5 Å². The van der Waals surface area contributed by atoms with Crippen LogP contribution in [0.5, 0.6) is 5.75 Å². The number of esters is 1. The van der Waals surface area contributed by atoms with Gasteiger partial charge in [0.1, 0.15) is 24.8 Å². The number of carbonyl (C=O) groups excluding carboxylic acids is 2. The zero-order valence-corrected chi connectivity index (χ0v) is 18.2. The van der Waals surface area contributed by atoms with Crippen molar-refractivity contribution >= 4 is 29.2 Å². The molecule has 2 aliphatic heterocycles. The third-order valence-electron chi connectivity index (χ3n) is 5.84. The van der Waals surface area contributed by atoms with Crippen molar-refractivity contribution in [2.75, 3.05) is 11.5 Å². The SMILES string of the molecule is O=C1OCC2=C1C(c1ccc(OCc3ccccc3F)cc1)CC(=O)N2c1ccc(Cl)cc1. The Labute approximate surface area is 195 Å². The van der Waals surface area contributed by atoms with E-state index >= 15 is 0 Å². The lowest BCUT2D eigenvalue weighted by atomic mass is 9.84. The molecule has 0 bridgehead atoms. The molecule has 0 aromatic heterocycles. The second-order valence-electron chi connectivity index (χ2n) is 7.85. The standard InChI is InChI=1S/C26H19ClFNO4/c27-18-7-9-19(10-8-18)29-23-15-33-26(31)25(23)21(13-24(29)30)16-5-11-20(12-6-16)32-14-17-3-1-2-4-22(17)28/h1-12,21H,13-15H2. The minimum Gasteiger partial charge on any atom is -0.489 e. The lowest BCUT2D eigenvalue weighted by molar-refractivity contribution is -0.136. The molecule has 5 nitrogen and oxygen atoms in total. The van der Waals surface area contributed by atoms with Crippen molar-refractivity contribution in [1.29, 1.82) is 0 Å². The molecule has 0 fully saturated rings. The molecule has 0 N–H and O–H groups in total. The molecular formula is C26H19ClFNO4. The number of nitrogens with zero attached hydrogens (tertiary/aromatic N) is 1. The Balaban J connectivity index is 1.40. The number of halogens is 2. The van der Waals surface area contributed by atoms with Gasteiger partial charge in [-0.2, -0.15) is 0 Å². The number of carbonyl (C=O) groups is 2. The first-order valence-electron chi connectivity index (χ1n) is 10.5. The third-order valence-corrected chi connectivity index (χ3v) is 6.09. The second-order valence-corrected chi connectivity index (χ2v) is 8.28. The summed E-state index contributed by atoms with van der Waals surface area (Å²) >= 11 is 5.98. The number of cyclic esters (lactones) is 1. The normalized spacial score (nSPS) is 17.8. The molecule has 0 aliphatic carbocycles. The first kappa shape index (κ1) is 21.2. The number of amides is 1. The van der Waals surface area contributed by atoms with Gasteiger partial charge in [-0.25, -0.2) is 9.18 Å². The summed E-state index contributed by atoms with van der Waals surface area (Å²) in [4.78, 5) is 27.2. The van der Waals surface area contributed by atoms with Gasteiger partial charge in [-0.15, -0.1) is 0 Å². The van der Waals surface area contributed by atoms with Crippen molar-refractivity contribution in [1.82, 2.24) is 0 Å². The van der Waals surface area contributed by atoms with Crippen molar-refractivity contribution in [3.63, 3.8) is 0 Å². The topological polar surface area (TPSA) is 55.8 Å². The van der Waals surface area contributed by atoms with Crippen LogP contribution in [0.1, 0.15) is 23.5 Å². The molecule has 0 saturated heterocycles. The molecule has 0 saturated carbocycles. The van der Waals surface area contributed by atoms with Gasteiger partial charge in [0.25, 0.3) is 0 Å². The van der Waals surface area contributed by atoms with Crippen LogP contribution >= 0.6 is 11.6 Å². The van der Waals surface area contributed by atoms with Crippen molar-refractivity contribution in [2.45, 2.75) is 18.9 Å². The number of rotatable bonds is 5. The predicted molar refractivity (Wildman–Crippen MR) is 121 cm³/mol. The number of ether oxygens (including phenoxy) is 2. The van der Waals surface area contributed by atoms with Crippen LogP contribution in [0.3, 0.4) is 0 Å². The maximum Gasteiger partial charge on any atom is 0.336 e. The highest BCUT2D eigenvalue weighted by molar-refractivity contribution is 6.30. The predicted octanol–water partition coefficient (Wildman–Crippen LogP) is 5.39. The summed E-state index contributed by atoms with van der Waals surface area (Å²) in [5.74, 6) is -0.707. The highest BCUT2D eigenvalue weighted by atomic mass is 35.5. The zero-order chi connectivity index (χ0) is 22.9. The lowest BCUT2D eigenvalue weighted by Gasteiger charge is -2.32. The smallest absolute Gasteiger partial charge is 0.336 e. The van der Waals surface area contributed by atoms with Crippen molar-refractivity contribution in [3.8, 4) is 5.75 Å². The van der Waals surface area contributed by atoms with Crippen LogP contribution in [0.4, 0.5) is 10.1 Å². The van der Waals surface area contributed by atoms with E-state index in [0.29, 0.717) is 33.3 Å². The van der Waals surface area contributed by atoms with Gasteiger partial charge in [-0.1, -0.05) is 41.9 Å². The maximum absolute atomic E-state index is 13.8. The van der Waals surface area contributed by atoms with E-state index in [1.54, 1.807) is 59.5 Å². The van der Waals surface area contributed by atoms with Gasteiger partial charge in [0, 0.05) is 28.6 Å². The molecule has 5 rings (SSSR count). The Morgan fingerprint density at radius 2 is 1.73 bits per heavy atom. The molecule has 3 aromatic carbocycles. The number of anilines is 1. The van der Waals surface area contributed by atoms with E-state index in [0.717, 1.165) is 5.56 Å². The molecule has 0 spiro atoms. The number of benzene rings is 3. The van der Waals surface area contributed by atoms with E-state index in [2.05, 4.69) is 0 Å². The molecule has 1 amide bonds. The molecule has 3 aromatic rings. The summed E-state index contributed by atoms with van der Waals surface area (Å²) in [6, 6.07) is 20.5. The van der Waals surface area contributed by atoms with Crippen molar-refractivity contribution in [3.05, 3.63) is 106 Å². The first-order valence-corrected chi connectivity index (χ1v) is 10.8. The molecule has 1 unspecified atom stereocenters. The van der Waals surface area contributed by atoms with Gasteiger partial charge in [0.2, 0.25) is 5.91 Å². The largest absolute Gasteiger partial charge is 0.489 e. The Hall–Kier alpha value is -3.64. The fourth-order valence-corrected chi connectivity index (χ4v) is 4.33. The van der Waals surface area contributed by atoms with E-state index in [9.17, 15) is 14.0 Å². The Morgan fingerprint density at radius 3 is 2.45 bits per heavy atom. The highest BCUT2D eigenvalue weighted by Crippen LogP contribution is 2.42. The zero-order valence-electron chi connectivity index (χ0n) is 17.5. The summed E-state index contributed by atoms with van der Waals surface area (Å²) < 4.78 is 24.8. The minimum atomic E-state index is -0.415. The summed E-state index contributed by atoms with van der Waals surface area (Å²) in [6.07, 6.45) is 0.131. The van der Waals surface area contributed by atoms with Crippen molar-refractivity contribution < 1.29 is 23.5 Å². The van der Waals surface area contributed by atoms with Gasteiger partial charge in [-0.05, 0) is 48.0 Å². The van der Waals surface area contributed by atoms with E-state index in [1.165, 1.54) is 6.07 Å². The Morgan fingerprint density at radius 1 is 1.00 bits per heavy atom. The second kappa shape index (κ2) is 8.71. The third kappa shape index (κ3) is 4.10. The van der Waals surface area contributed by atoms with E-state index < -0.39 is 11.9 Å². The fourth-order valence-electron chi connectivity index (χ4n) is 4.20. The average Bonchev–Trinajstić information content (AvgIpc) is 3.20.